The number of nitrogens with one attached hydrogen (secondary N) is 1. The van der Waals surface area contributed by atoms with Crippen molar-refractivity contribution in [3.63, 3.8) is 0 Å². The number of amides is 1. The summed E-state index contributed by atoms with van der Waals surface area (Å²) in [7, 11) is 1.67. The van der Waals surface area contributed by atoms with E-state index < -0.39 is 0 Å². The fraction of sp³-hybridized carbons (Fsp3) is 0.429. The third-order valence-corrected chi connectivity index (χ3v) is 7.34. The number of likely N-dealkylation sites (tertiary alicyclic amines) is 1. The summed E-state index contributed by atoms with van der Waals surface area (Å²) in [6, 6.07) is 17.3. The number of methoxy groups -OCH3 is 1. The highest BCUT2D eigenvalue weighted by molar-refractivity contribution is 5.94. The van der Waals surface area contributed by atoms with E-state index in [9.17, 15) is 9.59 Å². The number of hydrogen-bond donors (Lipinski definition) is 1. The molecule has 4 rings (SSSR count). The minimum atomic E-state index is -0.300. The third kappa shape index (κ3) is 5.02. The first-order valence-electron chi connectivity index (χ1n) is 12.0. The van der Waals surface area contributed by atoms with Crippen molar-refractivity contribution in [2.75, 3.05) is 26.7 Å². The lowest BCUT2D eigenvalue weighted by molar-refractivity contribution is -0.157. The van der Waals surface area contributed by atoms with Gasteiger partial charge in [0.1, 0.15) is 11.9 Å². The van der Waals surface area contributed by atoms with Gasteiger partial charge in [0.25, 0.3) is 5.91 Å². The van der Waals surface area contributed by atoms with E-state index in [0.717, 1.165) is 38.2 Å². The number of esters is 1. The Morgan fingerprint density at radius 2 is 2.00 bits per heavy atom. The Hall–Kier alpha value is -3.12. The predicted molar refractivity (Wildman–Crippen MR) is 132 cm³/mol. The second kappa shape index (κ2) is 10.4. The van der Waals surface area contributed by atoms with E-state index in [-0.39, 0.29) is 35.4 Å². The quantitative estimate of drug-likeness (QED) is 0.498. The molecule has 1 N–H and O–H groups in total. The fourth-order valence-corrected chi connectivity index (χ4v) is 5.85. The van der Waals surface area contributed by atoms with Gasteiger partial charge in [-0.2, -0.15) is 0 Å². The molecule has 3 unspecified atom stereocenters. The molecule has 6 nitrogen and oxygen atoms in total. The van der Waals surface area contributed by atoms with Crippen LogP contribution in [0.25, 0.3) is 0 Å². The van der Waals surface area contributed by atoms with Crippen LogP contribution in [0.15, 0.2) is 67.3 Å². The number of ether oxygens (including phenoxy) is 2. The zero-order valence-corrected chi connectivity index (χ0v) is 20.0. The molecule has 6 heteroatoms. The van der Waals surface area contributed by atoms with Crippen LogP contribution in [0.2, 0.25) is 0 Å². The van der Waals surface area contributed by atoms with Crippen molar-refractivity contribution in [2.45, 2.75) is 43.7 Å². The van der Waals surface area contributed by atoms with Crippen LogP contribution < -0.4 is 10.1 Å². The molecule has 1 saturated heterocycles. The molecule has 0 aromatic heterocycles. The molecule has 2 aromatic rings. The van der Waals surface area contributed by atoms with Crippen molar-refractivity contribution < 1.29 is 19.1 Å². The summed E-state index contributed by atoms with van der Waals surface area (Å²) in [6.07, 6.45) is 3.89. The summed E-state index contributed by atoms with van der Waals surface area (Å²) >= 11 is 0. The SMILES string of the molecule is C=CCN1CCC2(c3cccc(OC)c3)C[C@H](NC(=O)c3ccccc3)CC(OC(C)=O)C2C1. The average molecular weight is 463 g/mol. The van der Waals surface area contributed by atoms with Gasteiger partial charge in [0, 0.05) is 49.4 Å². The maximum absolute atomic E-state index is 13.0. The molecule has 1 heterocycles. The predicted octanol–water partition coefficient (Wildman–Crippen LogP) is 3.97. The zero-order valence-electron chi connectivity index (χ0n) is 20.0. The maximum Gasteiger partial charge on any atom is 0.302 e. The molecule has 180 valence electrons. The zero-order chi connectivity index (χ0) is 24.1. The standard InChI is InChI=1S/C28H34N2O4/c1-4-14-30-15-13-28(22-11-8-12-24(16-22)33-3)18-23(17-26(25(28)19-30)34-20(2)31)29-27(32)21-9-6-5-7-10-21/h4-12,16,23,25-26H,1,13-15,17-19H2,2-3H3,(H,29,32)/t23-,25?,26?,28?/m1/s1. The van der Waals surface area contributed by atoms with Gasteiger partial charge in [0.05, 0.1) is 7.11 Å². The molecule has 4 atom stereocenters. The van der Waals surface area contributed by atoms with E-state index in [0.29, 0.717) is 12.0 Å². The lowest BCUT2D eigenvalue weighted by Gasteiger charge is -2.55. The van der Waals surface area contributed by atoms with Crippen LogP contribution in [0, 0.1) is 5.92 Å². The topological polar surface area (TPSA) is 67.9 Å². The Morgan fingerprint density at radius 3 is 2.71 bits per heavy atom. The largest absolute Gasteiger partial charge is 0.497 e. The summed E-state index contributed by atoms with van der Waals surface area (Å²) < 4.78 is 11.5. The van der Waals surface area contributed by atoms with E-state index in [1.807, 2.05) is 48.5 Å². The van der Waals surface area contributed by atoms with E-state index in [1.54, 1.807) is 7.11 Å². The van der Waals surface area contributed by atoms with Crippen LogP contribution in [0.5, 0.6) is 5.75 Å². The molecule has 1 aliphatic heterocycles. The second-order valence-corrected chi connectivity index (χ2v) is 9.42. The number of benzene rings is 2. The van der Waals surface area contributed by atoms with Crippen LogP contribution in [0.4, 0.5) is 0 Å². The number of rotatable bonds is 7. The maximum atomic E-state index is 13.0. The van der Waals surface area contributed by atoms with Gasteiger partial charge < -0.3 is 14.8 Å². The van der Waals surface area contributed by atoms with Crippen molar-refractivity contribution >= 4 is 11.9 Å². The van der Waals surface area contributed by atoms with Gasteiger partial charge in [-0.3, -0.25) is 14.5 Å². The van der Waals surface area contributed by atoms with E-state index in [2.05, 4.69) is 28.9 Å². The van der Waals surface area contributed by atoms with E-state index in [1.165, 1.54) is 12.5 Å². The summed E-state index contributed by atoms with van der Waals surface area (Å²) in [5.74, 6) is 0.511. The van der Waals surface area contributed by atoms with Crippen molar-refractivity contribution in [1.82, 2.24) is 10.2 Å². The number of hydrogen-bond acceptors (Lipinski definition) is 5. The van der Waals surface area contributed by atoms with Gasteiger partial charge in [0.15, 0.2) is 0 Å². The Bertz CT molecular complexity index is 1020. The number of nitrogens with zero attached hydrogens (tertiary/aromatic N) is 1. The van der Waals surface area contributed by atoms with Gasteiger partial charge in [-0.15, -0.1) is 6.58 Å². The van der Waals surface area contributed by atoms with Crippen molar-refractivity contribution in [3.05, 3.63) is 78.4 Å². The van der Waals surface area contributed by atoms with Crippen LogP contribution in [-0.4, -0.2) is 55.7 Å². The second-order valence-electron chi connectivity index (χ2n) is 9.42. The fourth-order valence-electron chi connectivity index (χ4n) is 5.85. The number of piperidine rings is 1. The molecule has 2 fully saturated rings. The highest BCUT2D eigenvalue weighted by Gasteiger charge is 2.53. The molecule has 0 bridgehead atoms. The molecule has 1 saturated carbocycles. The summed E-state index contributed by atoms with van der Waals surface area (Å²) in [4.78, 5) is 27.5. The molecular weight excluding hydrogens is 428 g/mol. The highest BCUT2D eigenvalue weighted by atomic mass is 16.5. The van der Waals surface area contributed by atoms with Crippen LogP contribution in [-0.2, 0) is 14.9 Å². The normalized spacial score (nSPS) is 26.7. The minimum Gasteiger partial charge on any atom is -0.497 e. The Balaban J connectivity index is 1.71. The molecule has 1 amide bonds. The number of carbonyl (C=O) groups is 2. The van der Waals surface area contributed by atoms with Gasteiger partial charge in [-0.1, -0.05) is 36.4 Å². The molecule has 0 radical (unpaired) electrons. The first kappa shape index (κ1) is 24.0. The summed E-state index contributed by atoms with van der Waals surface area (Å²) in [6.45, 7) is 7.88. The molecule has 2 aromatic carbocycles. The Kier molecular flexibility index (Phi) is 7.37. The molecular formula is C28H34N2O4. The molecule has 2 aliphatic rings. The first-order chi connectivity index (χ1) is 16.4. The Morgan fingerprint density at radius 1 is 1.21 bits per heavy atom. The minimum absolute atomic E-state index is 0.0992. The van der Waals surface area contributed by atoms with Gasteiger partial charge in [0.2, 0.25) is 0 Å². The third-order valence-electron chi connectivity index (χ3n) is 7.34. The average Bonchev–Trinajstić information content (AvgIpc) is 2.85. The van der Waals surface area contributed by atoms with Crippen LogP contribution >= 0.6 is 0 Å². The van der Waals surface area contributed by atoms with Crippen LogP contribution in [0.1, 0.15) is 42.1 Å². The smallest absolute Gasteiger partial charge is 0.302 e. The Labute approximate surface area is 201 Å². The first-order valence-corrected chi connectivity index (χ1v) is 12.0. The van der Waals surface area contributed by atoms with Crippen molar-refractivity contribution in [2.24, 2.45) is 5.92 Å². The van der Waals surface area contributed by atoms with E-state index in [4.69, 9.17) is 9.47 Å². The van der Waals surface area contributed by atoms with E-state index >= 15 is 0 Å². The van der Waals surface area contributed by atoms with Gasteiger partial charge in [-0.25, -0.2) is 0 Å². The summed E-state index contributed by atoms with van der Waals surface area (Å²) in [5.41, 5.74) is 1.55. The van der Waals surface area contributed by atoms with Crippen molar-refractivity contribution in [3.8, 4) is 5.75 Å². The molecule has 1 aliphatic carbocycles. The number of fused-ring (bicyclic) bond motifs is 1. The lowest BCUT2D eigenvalue weighted by Crippen LogP contribution is -2.61. The van der Waals surface area contributed by atoms with Gasteiger partial charge >= 0.3 is 5.97 Å². The molecule has 34 heavy (non-hydrogen) atoms. The monoisotopic (exact) mass is 462 g/mol. The summed E-state index contributed by atoms with van der Waals surface area (Å²) in [5, 5.41) is 3.24. The molecule has 0 spiro atoms. The number of carbonyl (C=O) groups excluding carboxylic acids is 2. The van der Waals surface area contributed by atoms with Crippen LogP contribution in [0.3, 0.4) is 0 Å². The van der Waals surface area contributed by atoms with Crippen molar-refractivity contribution in [1.29, 1.82) is 0 Å². The van der Waals surface area contributed by atoms with Gasteiger partial charge in [-0.05, 0) is 49.2 Å². The lowest BCUT2D eigenvalue weighted by atomic mass is 9.57. The highest BCUT2D eigenvalue weighted by Crippen LogP contribution is 2.50.